The molecule has 0 saturated heterocycles. The second-order valence-electron chi connectivity index (χ2n) is 3.74. The molecule has 0 spiro atoms. The zero-order valence-corrected chi connectivity index (χ0v) is 15.2. The van der Waals surface area contributed by atoms with Crippen LogP contribution in [0.3, 0.4) is 0 Å². The fourth-order valence-electron chi connectivity index (χ4n) is 0.565. The fraction of sp³-hybridized carbons (Fsp3) is 0.400. The first kappa shape index (κ1) is 38.4. The van der Waals surface area contributed by atoms with E-state index in [9.17, 15) is 72.5 Å². The van der Waals surface area contributed by atoms with Crippen LogP contribution < -0.4 is 10.2 Å². The molecule has 0 unspecified atom stereocenters. The van der Waals surface area contributed by atoms with E-state index in [-0.39, 0.29) is 48.7 Å². The summed E-state index contributed by atoms with van der Waals surface area (Å²) in [5.41, 5.74) is 0. The van der Waals surface area contributed by atoms with Crippen molar-refractivity contribution < 1.29 is 83.4 Å². The van der Waals surface area contributed by atoms with Crippen LogP contribution in [0.15, 0.2) is 23.7 Å². The molecule has 6 nitrogen and oxygen atoms in total. The van der Waals surface area contributed by atoms with Crippen molar-refractivity contribution >= 4 is 49.3 Å². The third-order valence-corrected chi connectivity index (χ3v) is 1.64. The Balaban J connectivity index is -0.000000120. The standard InChI is InChI=1S/2C5H2F6O2.Ca.2H2O/c2*6-4(7,8)2(12)1-3(13)5(9,10)11;;;/h2*1,12H;;2*1H2/q;;+2;;/p-2/b2*2-1-;;;. The van der Waals surface area contributed by atoms with Gasteiger partial charge in [0.15, 0.2) is 0 Å². The monoisotopic (exact) mass is 490 g/mol. The van der Waals surface area contributed by atoms with Gasteiger partial charge < -0.3 is 21.2 Å². The van der Waals surface area contributed by atoms with Gasteiger partial charge in [0.05, 0.1) is 0 Å². The van der Waals surface area contributed by atoms with E-state index in [1.807, 2.05) is 0 Å². The molecule has 0 aromatic heterocycles. The summed E-state index contributed by atoms with van der Waals surface area (Å²) in [5, 5.41) is 19.6. The molecule has 0 rings (SSSR count). The van der Waals surface area contributed by atoms with Crippen LogP contribution in [0.2, 0.25) is 0 Å². The number of hydrogen-bond donors (Lipinski definition) is 0. The van der Waals surface area contributed by atoms with Crippen LogP contribution in [0.4, 0.5) is 52.7 Å². The maximum absolute atomic E-state index is 11.3. The Morgan fingerprint density at radius 3 is 0.793 bits per heavy atom. The van der Waals surface area contributed by atoms with E-state index >= 15 is 0 Å². The average Bonchev–Trinajstić information content (AvgIpc) is 2.34. The molecular formula is C10H6CaF12O6. The smallest absolute Gasteiger partial charge is 0.869 e. The van der Waals surface area contributed by atoms with Crippen molar-refractivity contribution in [1.29, 1.82) is 0 Å². The number of rotatable bonds is 2. The molecule has 0 heterocycles. The molecule has 168 valence electrons. The van der Waals surface area contributed by atoms with Crippen molar-refractivity contribution in [1.82, 2.24) is 0 Å². The van der Waals surface area contributed by atoms with Crippen LogP contribution in [-0.4, -0.2) is 85.0 Å². The summed E-state index contributed by atoms with van der Waals surface area (Å²) in [7, 11) is 0. The second kappa shape index (κ2) is 13.1. The summed E-state index contributed by atoms with van der Waals surface area (Å²) >= 11 is 0. The summed E-state index contributed by atoms with van der Waals surface area (Å²) in [4.78, 5) is 19.6. The van der Waals surface area contributed by atoms with E-state index in [1.165, 1.54) is 0 Å². The number of carbonyl (C=O) groups is 2. The van der Waals surface area contributed by atoms with Gasteiger partial charge in [0.2, 0.25) is 0 Å². The number of allylic oxidation sites excluding steroid dienone is 4. The predicted octanol–water partition coefficient (Wildman–Crippen LogP) is -0.182. The average molecular weight is 490 g/mol. The first-order valence-corrected chi connectivity index (χ1v) is 5.24. The quantitative estimate of drug-likeness (QED) is 0.229. The molecule has 0 radical (unpaired) electrons. The molecule has 0 aromatic carbocycles. The van der Waals surface area contributed by atoms with Crippen molar-refractivity contribution in [2.75, 3.05) is 0 Å². The summed E-state index contributed by atoms with van der Waals surface area (Å²) in [6.07, 6.45) is -23.9. The maximum atomic E-state index is 11.3. The molecule has 0 amide bonds. The molecule has 0 bridgehead atoms. The first-order valence-electron chi connectivity index (χ1n) is 5.24. The number of carbonyl (C=O) groups excluding carboxylic acids is 2. The summed E-state index contributed by atoms with van der Waals surface area (Å²) in [5.74, 6) is -11.3. The molecule has 0 aliphatic carbocycles. The van der Waals surface area contributed by atoms with Gasteiger partial charge in [-0.05, 0) is 23.7 Å². The minimum absolute atomic E-state index is 0. The van der Waals surface area contributed by atoms with Gasteiger partial charge in [-0.3, -0.25) is 9.59 Å². The zero-order valence-electron chi connectivity index (χ0n) is 13.0. The van der Waals surface area contributed by atoms with Crippen LogP contribution in [0.5, 0.6) is 0 Å². The van der Waals surface area contributed by atoms with Gasteiger partial charge in [-0.15, -0.1) is 0 Å². The Hall–Kier alpha value is -1.24. The van der Waals surface area contributed by atoms with Gasteiger partial charge in [-0.25, -0.2) is 0 Å². The third-order valence-electron chi connectivity index (χ3n) is 1.64. The minimum atomic E-state index is -5.46. The Bertz CT molecular complexity index is 532. The van der Waals surface area contributed by atoms with Gasteiger partial charge in [0.25, 0.3) is 11.6 Å². The van der Waals surface area contributed by atoms with Gasteiger partial charge in [0, 0.05) is 0 Å². The van der Waals surface area contributed by atoms with Gasteiger partial charge >= 0.3 is 62.4 Å². The van der Waals surface area contributed by atoms with Crippen LogP contribution in [0, 0.1) is 0 Å². The molecule has 0 atom stereocenters. The Labute approximate surface area is 181 Å². The topological polar surface area (TPSA) is 143 Å². The molecule has 19 heteroatoms. The van der Waals surface area contributed by atoms with Crippen molar-refractivity contribution in [3.05, 3.63) is 23.7 Å². The second-order valence-corrected chi connectivity index (χ2v) is 3.74. The van der Waals surface area contributed by atoms with Crippen molar-refractivity contribution in [3.63, 3.8) is 0 Å². The SMILES string of the molecule is O.O.O=C(/C=C(\[O-])C(F)(F)F)C(F)(F)F.O=C(/C=C(\[O-])C(F)(F)F)C(F)(F)F.[Ca+2]. The number of hydrogen-bond acceptors (Lipinski definition) is 4. The van der Waals surface area contributed by atoms with E-state index < -0.39 is 59.9 Å². The third kappa shape index (κ3) is 17.3. The zero-order chi connectivity index (χ0) is 21.7. The van der Waals surface area contributed by atoms with Crippen molar-refractivity contribution in [2.45, 2.75) is 24.7 Å². The molecule has 0 aromatic rings. The molecule has 0 aliphatic heterocycles. The molecule has 0 saturated carbocycles. The van der Waals surface area contributed by atoms with E-state index in [2.05, 4.69) is 0 Å². The van der Waals surface area contributed by atoms with Gasteiger partial charge in [0.1, 0.15) is 0 Å². The maximum Gasteiger partial charge on any atom is 2.00 e. The number of alkyl halides is 12. The van der Waals surface area contributed by atoms with Crippen LogP contribution in [0.25, 0.3) is 0 Å². The van der Waals surface area contributed by atoms with E-state index in [0.29, 0.717) is 0 Å². The summed E-state index contributed by atoms with van der Waals surface area (Å²) in [6, 6.07) is 0. The van der Waals surface area contributed by atoms with Crippen LogP contribution >= 0.6 is 0 Å². The normalized spacial score (nSPS) is 13.0. The van der Waals surface area contributed by atoms with Gasteiger partial charge in [-0.1, -0.05) is 0 Å². The Morgan fingerprint density at radius 2 is 0.690 bits per heavy atom. The summed E-state index contributed by atoms with van der Waals surface area (Å²) in [6.45, 7) is 0. The number of ketones is 2. The van der Waals surface area contributed by atoms with E-state index in [0.717, 1.165) is 0 Å². The molecule has 4 N–H and O–H groups in total. The van der Waals surface area contributed by atoms with Crippen LogP contribution in [0.1, 0.15) is 0 Å². The van der Waals surface area contributed by atoms with E-state index in [4.69, 9.17) is 0 Å². The molecule has 0 aliphatic rings. The molecular weight excluding hydrogens is 484 g/mol. The van der Waals surface area contributed by atoms with E-state index in [1.54, 1.807) is 0 Å². The first-order chi connectivity index (χ1) is 11.1. The molecule has 0 fully saturated rings. The predicted molar refractivity (Wildman–Crippen MR) is 63.4 cm³/mol. The summed E-state index contributed by atoms with van der Waals surface area (Å²) < 4.78 is 136. The van der Waals surface area contributed by atoms with Crippen molar-refractivity contribution in [2.24, 2.45) is 0 Å². The Kier molecular flexibility index (Phi) is 17.4. The van der Waals surface area contributed by atoms with Gasteiger partial charge in [-0.2, -0.15) is 52.7 Å². The minimum Gasteiger partial charge on any atom is -0.869 e. The fourth-order valence-corrected chi connectivity index (χ4v) is 0.565. The Morgan fingerprint density at radius 1 is 0.517 bits per heavy atom. The van der Waals surface area contributed by atoms with Crippen LogP contribution in [-0.2, 0) is 9.59 Å². The molecule has 29 heavy (non-hydrogen) atoms. The largest absolute Gasteiger partial charge is 2.00 e. The number of halogens is 12. The van der Waals surface area contributed by atoms with Crippen molar-refractivity contribution in [3.8, 4) is 0 Å².